The van der Waals surface area contributed by atoms with Crippen LogP contribution in [0.15, 0.2) is 18.2 Å². The first-order chi connectivity index (χ1) is 8.56. The van der Waals surface area contributed by atoms with Crippen molar-refractivity contribution >= 4 is 28.6 Å². The number of carboxylic acid groups (broad SMARTS) is 1. The van der Waals surface area contributed by atoms with Crippen molar-refractivity contribution in [3.8, 4) is 11.8 Å². The molecule has 0 unspecified atom stereocenters. The smallest absolute Gasteiger partial charge is 0.335 e. The van der Waals surface area contributed by atoms with Gasteiger partial charge in [0.1, 0.15) is 5.75 Å². The summed E-state index contributed by atoms with van der Waals surface area (Å²) in [4.78, 5) is 10.9. The van der Waals surface area contributed by atoms with Gasteiger partial charge < -0.3 is 9.84 Å². The van der Waals surface area contributed by atoms with E-state index >= 15 is 0 Å². The molecule has 0 amide bonds. The minimum Gasteiger partial charge on any atom is -0.492 e. The molecule has 0 radical (unpaired) electrons. The third-order valence-electron chi connectivity index (χ3n) is 3.12. The second-order valence-electron chi connectivity index (χ2n) is 4.57. The minimum absolute atomic E-state index is 0.00292. The summed E-state index contributed by atoms with van der Waals surface area (Å²) in [6, 6.07) is 6.99. The van der Waals surface area contributed by atoms with E-state index < -0.39 is 5.97 Å². The van der Waals surface area contributed by atoms with Gasteiger partial charge in [-0.25, -0.2) is 4.79 Å². The lowest BCUT2D eigenvalue weighted by atomic mass is 10.1. The van der Waals surface area contributed by atoms with E-state index in [1.165, 1.54) is 6.07 Å². The third-order valence-corrected chi connectivity index (χ3v) is 4.01. The van der Waals surface area contributed by atoms with Gasteiger partial charge in [0.2, 0.25) is 0 Å². The first-order valence-electron chi connectivity index (χ1n) is 5.59. The average Bonchev–Trinajstić information content (AvgIpc) is 3.08. The predicted octanol–water partition coefficient (Wildman–Crippen LogP) is 3.06. The Morgan fingerprint density at radius 2 is 2.28 bits per heavy atom. The zero-order valence-corrected chi connectivity index (χ0v) is 11.8. The van der Waals surface area contributed by atoms with Crippen LogP contribution in [0.2, 0.25) is 0 Å². The third kappa shape index (κ3) is 2.93. The number of halogens is 1. The Hall–Kier alpha value is -1.29. The van der Waals surface area contributed by atoms with Crippen molar-refractivity contribution in [2.24, 2.45) is 5.41 Å². The average molecular weight is 357 g/mol. The standard InChI is InChI=1S/C13H12INO3/c14-10-2-1-9(12(16)17)7-11(10)18-8-13(3-4-13)5-6-15/h1-2,7H,3-5,8H2,(H,16,17). The Labute approximate surface area is 119 Å². The van der Waals surface area contributed by atoms with Crippen LogP contribution < -0.4 is 4.74 Å². The van der Waals surface area contributed by atoms with Gasteiger partial charge in [0.15, 0.2) is 0 Å². The Morgan fingerprint density at radius 3 is 2.83 bits per heavy atom. The van der Waals surface area contributed by atoms with E-state index in [0.29, 0.717) is 18.8 Å². The second kappa shape index (κ2) is 5.14. The van der Waals surface area contributed by atoms with Crippen LogP contribution in [0.5, 0.6) is 5.75 Å². The van der Waals surface area contributed by atoms with Gasteiger partial charge in [-0.3, -0.25) is 0 Å². The maximum absolute atomic E-state index is 10.9. The summed E-state index contributed by atoms with van der Waals surface area (Å²) in [5, 5.41) is 17.6. The molecule has 1 aromatic rings. The molecule has 1 saturated carbocycles. The lowest BCUT2D eigenvalue weighted by Crippen LogP contribution is -2.13. The van der Waals surface area contributed by atoms with E-state index in [1.54, 1.807) is 12.1 Å². The van der Waals surface area contributed by atoms with Crippen molar-refractivity contribution in [2.45, 2.75) is 19.3 Å². The lowest BCUT2D eigenvalue weighted by Gasteiger charge is -2.14. The minimum atomic E-state index is -0.964. The fourth-order valence-corrected chi connectivity index (χ4v) is 2.19. The molecule has 0 heterocycles. The molecular formula is C13H12INO3. The first kappa shape index (κ1) is 13.1. The molecule has 94 valence electrons. The van der Waals surface area contributed by atoms with E-state index in [-0.39, 0.29) is 11.0 Å². The number of nitriles is 1. The number of ether oxygens (including phenoxy) is 1. The van der Waals surface area contributed by atoms with E-state index in [0.717, 1.165) is 16.4 Å². The van der Waals surface area contributed by atoms with E-state index in [1.807, 2.05) is 0 Å². The van der Waals surface area contributed by atoms with Crippen molar-refractivity contribution < 1.29 is 14.6 Å². The zero-order chi connectivity index (χ0) is 13.2. The molecule has 1 aliphatic rings. The van der Waals surface area contributed by atoms with E-state index in [9.17, 15) is 4.79 Å². The lowest BCUT2D eigenvalue weighted by molar-refractivity contribution is 0.0696. The number of hydrogen-bond donors (Lipinski definition) is 1. The van der Waals surface area contributed by atoms with Crippen LogP contribution in [-0.2, 0) is 0 Å². The number of carbonyl (C=O) groups is 1. The van der Waals surface area contributed by atoms with Gasteiger partial charge in [0.25, 0.3) is 0 Å². The largest absolute Gasteiger partial charge is 0.492 e. The van der Waals surface area contributed by atoms with E-state index in [4.69, 9.17) is 15.1 Å². The van der Waals surface area contributed by atoms with Crippen LogP contribution in [0.25, 0.3) is 0 Å². The summed E-state index contributed by atoms with van der Waals surface area (Å²) in [5.74, 6) is -0.380. The van der Waals surface area contributed by atoms with E-state index in [2.05, 4.69) is 28.7 Å². The molecule has 0 atom stereocenters. The number of carboxylic acids is 1. The molecule has 2 rings (SSSR count). The molecule has 0 aromatic heterocycles. The number of aromatic carboxylic acids is 1. The molecule has 1 fully saturated rings. The first-order valence-corrected chi connectivity index (χ1v) is 6.67. The summed E-state index contributed by atoms with van der Waals surface area (Å²) < 4.78 is 6.57. The number of benzene rings is 1. The number of rotatable bonds is 5. The summed E-state index contributed by atoms with van der Waals surface area (Å²) in [6.07, 6.45) is 2.52. The highest BCUT2D eigenvalue weighted by Crippen LogP contribution is 2.48. The van der Waals surface area contributed by atoms with Crippen molar-refractivity contribution in [1.82, 2.24) is 0 Å². The summed E-state index contributed by atoms with van der Waals surface area (Å²) in [7, 11) is 0. The molecule has 0 bridgehead atoms. The van der Waals surface area contributed by atoms with Crippen LogP contribution in [0.3, 0.4) is 0 Å². The molecule has 0 aliphatic heterocycles. The molecule has 0 spiro atoms. The Morgan fingerprint density at radius 1 is 1.56 bits per heavy atom. The topological polar surface area (TPSA) is 70.3 Å². The van der Waals surface area contributed by atoms with Gasteiger partial charge in [0, 0.05) is 11.8 Å². The van der Waals surface area contributed by atoms with Crippen LogP contribution >= 0.6 is 22.6 Å². The quantitative estimate of drug-likeness (QED) is 0.823. The molecule has 1 N–H and O–H groups in total. The summed E-state index contributed by atoms with van der Waals surface area (Å²) >= 11 is 2.11. The fourth-order valence-electron chi connectivity index (χ4n) is 1.69. The monoisotopic (exact) mass is 357 g/mol. The number of nitrogens with zero attached hydrogens (tertiary/aromatic N) is 1. The van der Waals surface area contributed by atoms with Crippen LogP contribution in [0.4, 0.5) is 0 Å². The van der Waals surface area contributed by atoms with Gasteiger partial charge in [-0.05, 0) is 53.6 Å². The zero-order valence-electron chi connectivity index (χ0n) is 9.65. The summed E-state index contributed by atoms with van der Waals surface area (Å²) in [6.45, 7) is 0.486. The number of hydrogen-bond acceptors (Lipinski definition) is 3. The molecule has 5 heteroatoms. The molecule has 1 aromatic carbocycles. The van der Waals surface area contributed by atoms with Crippen molar-refractivity contribution in [3.63, 3.8) is 0 Å². The molecule has 1 aliphatic carbocycles. The fraction of sp³-hybridized carbons (Fsp3) is 0.385. The molecule has 18 heavy (non-hydrogen) atoms. The Kier molecular flexibility index (Phi) is 3.76. The van der Waals surface area contributed by atoms with Gasteiger partial charge in [-0.1, -0.05) is 0 Å². The van der Waals surface area contributed by atoms with Crippen molar-refractivity contribution in [2.75, 3.05) is 6.61 Å². The van der Waals surface area contributed by atoms with Gasteiger partial charge in [0.05, 0.1) is 21.8 Å². The van der Waals surface area contributed by atoms with Gasteiger partial charge in [-0.15, -0.1) is 0 Å². The van der Waals surface area contributed by atoms with Crippen LogP contribution in [-0.4, -0.2) is 17.7 Å². The van der Waals surface area contributed by atoms with Gasteiger partial charge >= 0.3 is 5.97 Å². The predicted molar refractivity (Wildman–Crippen MR) is 73.5 cm³/mol. The molecule has 4 nitrogen and oxygen atoms in total. The molecular weight excluding hydrogens is 345 g/mol. The van der Waals surface area contributed by atoms with Crippen molar-refractivity contribution in [3.05, 3.63) is 27.3 Å². The highest BCUT2D eigenvalue weighted by atomic mass is 127. The van der Waals surface area contributed by atoms with Crippen molar-refractivity contribution in [1.29, 1.82) is 5.26 Å². The Bertz CT molecular complexity index is 517. The molecule has 0 saturated heterocycles. The Balaban J connectivity index is 2.07. The summed E-state index contributed by atoms with van der Waals surface area (Å²) in [5.41, 5.74) is 0.215. The van der Waals surface area contributed by atoms with Crippen LogP contribution in [0.1, 0.15) is 29.6 Å². The highest BCUT2D eigenvalue weighted by Gasteiger charge is 2.43. The maximum atomic E-state index is 10.9. The highest BCUT2D eigenvalue weighted by molar-refractivity contribution is 14.1. The second-order valence-corrected chi connectivity index (χ2v) is 5.74. The van der Waals surface area contributed by atoms with Gasteiger partial charge in [-0.2, -0.15) is 5.26 Å². The van der Waals surface area contributed by atoms with Crippen LogP contribution in [0, 0.1) is 20.3 Å². The SMILES string of the molecule is N#CCC1(COc2cc(C(=O)O)ccc2I)CC1. The normalized spacial score (nSPS) is 15.8. The maximum Gasteiger partial charge on any atom is 0.335 e.